The lowest BCUT2D eigenvalue weighted by Crippen LogP contribution is -2.30. The topological polar surface area (TPSA) is 231 Å². The Balaban J connectivity index is 4.56. The second-order valence-corrected chi connectivity index (χ2v) is 35.4. The molecule has 16 nitrogen and oxygen atoms in total. The van der Waals surface area contributed by atoms with Gasteiger partial charge in [0.15, 0.2) is 6.10 Å². The molecule has 0 aromatic heterocycles. The summed E-state index contributed by atoms with van der Waals surface area (Å²) in [5, 5.41) is 20.8. The van der Waals surface area contributed by atoms with Crippen LogP contribution in [0.1, 0.15) is 419 Å². The Morgan fingerprint density at radius 2 is 0.438 bits per heavy atom. The number of unbranched alkanes of at least 4 members (excludes halogenated alkanes) is 43. The molecule has 18 heteroatoms. The Kier molecular flexibility index (Phi) is 90.5. The largest absolute Gasteiger partial charge is 0.472 e. The normalized spacial score (nSPS) is 14.4. The molecule has 0 saturated carbocycles. The first-order valence-corrected chi connectivity index (χ1v) is 51.8. The van der Waals surface area contributed by atoms with E-state index in [1.807, 2.05) is 0 Å². The fourth-order valence-electron chi connectivity index (χ4n) is 13.3. The molecule has 0 heterocycles. The van der Waals surface area contributed by atoms with Gasteiger partial charge in [-0.2, -0.15) is 0 Å². The van der Waals surface area contributed by atoms with Crippen molar-refractivity contribution in [3.05, 3.63) is 158 Å². The third-order valence-corrected chi connectivity index (χ3v) is 22.6. The van der Waals surface area contributed by atoms with Gasteiger partial charge < -0.3 is 34.2 Å². The molecule has 696 valence electrons. The number of rotatable bonds is 92. The van der Waals surface area contributed by atoms with Crippen LogP contribution in [0, 0.1) is 0 Å². The Bertz CT molecular complexity index is 2830. The number of phosphoric acid groups is 2. The Morgan fingerprint density at radius 1 is 0.240 bits per heavy atom. The highest BCUT2D eigenvalue weighted by Crippen LogP contribution is 2.45. The van der Waals surface area contributed by atoms with Crippen LogP contribution < -0.4 is 0 Å². The summed E-state index contributed by atoms with van der Waals surface area (Å²) in [5.41, 5.74) is 0. The number of aliphatic hydroxyl groups is 2. The van der Waals surface area contributed by atoms with E-state index in [4.69, 9.17) is 32.3 Å². The summed E-state index contributed by atoms with van der Waals surface area (Å²) in [5.74, 6) is -1.57. The summed E-state index contributed by atoms with van der Waals surface area (Å²) in [7, 11) is -9.82. The van der Waals surface area contributed by atoms with Crippen molar-refractivity contribution in [2.24, 2.45) is 0 Å². The number of carbonyl (C=O) groups excluding carboxylic acids is 3. The molecular weight excluding hydrogens is 1560 g/mol. The molecule has 0 radical (unpaired) electrons. The van der Waals surface area contributed by atoms with Crippen LogP contribution >= 0.6 is 15.6 Å². The summed E-state index contributed by atoms with van der Waals surface area (Å²) in [6.45, 7) is 2.56. The Hall–Kier alpha value is -4.83. The van der Waals surface area contributed by atoms with Crippen molar-refractivity contribution in [3.8, 4) is 0 Å². The predicted molar refractivity (Wildman–Crippen MR) is 509 cm³/mol. The molecule has 5 unspecified atom stereocenters. The molecule has 0 aliphatic rings. The molecule has 0 aliphatic heterocycles. The smallest absolute Gasteiger partial charge is 0.463 e. The molecule has 0 fully saturated rings. The van der Waals surface area contributed by atoms with Gasteiger partial charge in [0.2, 0.25) is 0 Å². The van der Waals surface area contributed by atoms with E-state index in [0.29, 0.717) is 19.3 Å². The van der Waals surface area contributed by atoms with E-state index in [1.54, 1.807) is 0 Å². The van der Waals surface area contributed by atoms with E-state index in [9.17, 15) is 43.5 Å². The molecule has 5 atom stereocenters. The number of phosphoric ester groups is 2. The minimum Gasteiger partial charge on any atom is -0.463 e. The first-order chi connectivity index (χ1) is 59.2. The minimum absolute atomic E-state index is 0.0932. The molecule has 0 saturated heterocycles. The molecule has 0 bridgehead atoms. The summed E-state index contributed by atoms with van der Waals surface area (Å²) >= 11 is 0. The fraction of sp³-hybridized carbons (Fsp3) is 0.718. The SMILES string of the molecule is CC/C=C\C/C=C\C/C=C\C/C=C\C/C=C\CCCCCCCCCCCCCCCCCCCCCC(=O)OCC(O)COP(=O)(O)OCC(O)COP(=O)(O)OCC(COC(=O)CCCCCCCCCCC/C=C\C/C=C\C/C=C\C/C=C\CCCCC)OC(=O)CCCCCCCCCCC/C=C\C/C=C\C/C=C\C/C=C\CCCCC. The molecule has 0 spiro atoms. The number of aliphatic hydroxyl groups excluding tert-OH is 2. The van der Waals surface area contributed by atoms with E-state index in [0.717, 1.165) is 154 Å². The highest BCUT2D eigenvalue weighted by molar-refractivity contribution is 7.47. The zero-order valence-corrected chi connectivity index (χ0v) is 78.7. The maximum atomic E-state index is 13.1. The van der Waals surface area contributed by atoms with Crippen LogP contribution in [0.3, 0.4) is 0 Å². The Morgan fingerprint density at radius 3 is 0.694 bits per heavy atom. The van der Waals surface area contributed by atoms with Gasteiger partial charge in [-0.25, -0.2) is 9.13 Å². The lowest BCUT2D eigenvalue weighted by molar-refractivity contribution is -0.161. The number of hydrogen-bond donors (Lipinski definition) is 4. The van der Waals surface area contributed by atoms with Crippen LogP contribution in [-0.2, 0) is 55.8 Å². The first kappa shape index (κ1) is 116. The van der Waals surface area contributed by atoms with Crippen molar-refractivity contribution in [1.82, 2.24) is 0 Å². The Labute approximate surface area is 740 Å². The highest BCUT2D eigenvalue weighted by atomic mass is 31.2. The van der Waals surface area contributed by atoms with Gasteiger partial charge in [-0.3, -0.25) is 32.5 Å². The van der Waals surface area contributed by atoms with Crippen LogP contribution in [0.25, 0.3) is 0 Å². The van der Waals surface area contributed by atoms with Gasteiger partial charge in [0.25, 0.3) is 0 Å². The zero-order chi connectivity index (χ0) is 87.9. The third-order valence-electron chi connectivity index (χ3n) is 20.7. The van der Waals surface area contributed by atoms with Crippen LogP contribution in [0.4, 0.5) is 0 Å². The average molecular weight is 1730 g/mol. The summed E-state index contributed by atoms with van der Waals surface area (Å²) in [6.07, 6.45) is 121. The van der Waals surface area contributed by atoms with E-state index in [1.165, 1.54) is 205 Å². The molecule has 0 aliphatic carbocycles. The standard InChI is InChI=1S/C103H178O16P2/c1-4-7-10-13-16-19-22-25-28-31-34-37-40-43-44-45-46-47-48-49-50-51-52-55-57-59-62-65-68-71-74-77-80-83-86-89-101(106)113-92-98(104)93-115-120(109,110)116-94-99(105)95-117-121(111,112)118-97-100(119-103(108)91-88-85-82-79-76-73-70-67-64-61-58-54-42-39-36-33-30-27-24-21-18-15-12-9-6-3)96-114-102(107)90-87-84-81-78-75-72-69-66-63-60-56-53-41-38-35-32-29-26-23-20-17-14-11-8-5-2/h7,10,16-21,25-30,34-39,43-44,53-54,56,58,98-100,104-105H,4-6,8-9,11-15,22-24,31-33,40-42,45-52,55,57,59-97H2,1-3H3,(H,109,110)(H,111,112)/b10-7-,19-16-,20-17-,21-18-,28-25-,29-26-,30-27-,37-34-,38-35-,39-36-,44-43-,56-53-,58-54-. The third kappa shape index (κ3) is 95.7. The molecule has 0 amide bonds. The van der Waals surface area contributed by atoms with Crippen LogP contribution in [0.2, 0.25) is 0 Å². The lowest BCUT2D eigenvalue weighted by atomic mass is 10.0. The number of carbonyl (C=O) groups is 3. The van der Waals surface area contributed by atoms with E-state index < -0.39 is 91.5 Å². The van der Waals surface area contributed by atoms with Crippen LogP contribution in [0.5, 0.6) is 0 Å². The van der Waals surface area contributed by atoms with E-state index >= 15 is 0 Å². The summed E-state index contributed by atoms with van der Waals surface area (Å²) in [6, 6.07) is 0. The molecule has 4 N–H and O–H groups in total. The van der Waals surface area contributed by atoms with E-state index in [2.05, 4.69) is 179 Å². The lowest BCUT2D eigenvalue weighted by Gasteiger charge is -2.21. The minimum atomic E-state index is -4.95. The zero-order valence-electron chi connectivity index (χ0n) is 76.9. The second kappa shape index (κ2) is 94.3. The number of esters is 3. The molecule has 0 aromatic carbocycles. The van der Waals surface area contributed by atoms with Gasteiger partial charge in [0, 0.05) is 19.3 Å². The van der Waals surface area contributed by atoms with Gasteiger partial charge in [-0.15, -0.1) is 0 Å². The summed E-state index contributed by atoms with van der Waals surface area (Å²) < 4.78 is 61.6. The van der Waals surface area contributed by atoms with Gasteiger partial charge in [0.05, 0.1) is 26.4 Å². The second-order valence-electron chi connectivity index (χ2n) is 32.5. The van der Waals surface area contributed by atoms with Crippen molar-refractivity contribution in [1.29, 1.82) is 0 Å². The number of allylic oxidation sites excluding steroid dienone is 26. The van der Waals surface area contributed by atoms with E-state index in [-0.39, 0.29) is 19.3 Å². The van der Waals surface area contributed by atoms with Crippen LogP contribution in [0.15, 0.2) is 158 Å². The molecule has 121 heavy (non-hydrogen) atoms. The molecule has 0 aromatic rings. The molecule has 0 rings (SSSR count). The van der Waals surface area contributed by atoms with Gasteiger partial charge >= 0.3 is 33.6 Å². The van der Waals surface area contributed by atoms with Gasteiger partial charge in [-0.05, 0) is 154 Å². The highest BCUT2D eigenvalue weighted by Gasteiger charge is 2.30. The monoisotopic (exact) mass is 1730 g/mol. The van der Waals surface area contributed by atoms with Gasteiger partial charge in [-0.1, -0.05) is 403 Å². The molecular formula is C103H178O16P2. The van der Waals surface area contributed by atoms with Crippen LogP contribution in [-0.4, -0.2) is 95.9 Å². The maximum Gasteiger partial charge on any atom is 0.472 e. The maximum absolute atomic E-state index is 13.1. The predicted octanol–water partition coefficient (Wildman–Crippen LogP) is 30.5. The van der Waals surface area contributed by atoms with Crippen molar-refractivity contribution in [2.75, 3.05) is 39.6 Å². The number of hydrogen-bond acceptors (Lipinski definition) is 14. The first-order valence-electron chi connectivity index (χ1n) is 48.8. The van der Waals surface area contributed by atoms with Crippen molar-refractivity contribution in [2.45, 2.75) is 437 Å². The quantitative estimate of drug-likeness (QED) is 0.0146. The van der Waals surface area contributed by atoms with Gasteiger partial charge in [0.1, 0.15) is 25.4 Å². The van der Waals surface area contributed by atoms with Crippen molar-refractivity contribution < 1.29 is 75.8 Å². The fourth-order valence-corrected chi connectivity index (χ4v) is 14.9. The van der Waals surface area contributed by atoms with Crippen molar-refractivity contribution in [3.63, 3.8) is 0 Å². The average Bonchev–Trinajstić information content (AvgIpc) is 0.901. The number of ether oxygens (including phenoxy) is 3. The van der Waals surface area contributed by atoms with Crippen molar-refractivity contribution >= 4 is 33.6 Å². The summed E-state index contributed by atoms with van der Waals surface area (Å²) in [4.78, 5) is 59.1.